The molecule has 11 rings (SSSR count). The number of carbonyl (C=O) groups is 4. The number of aliphatic hydroxyl groups excluding tert-OH is 5. The van der Waals surface area contributed by atoms with E-state index in [1.807, 2.05) is 18.4 Å². The summed E-state index contributed by atoms with van der Waals surface area (Å²) >= 11 is 0. The van der Waals surface area contributed by atoms with Crippen molar-refractivity contribution in [1.82, 2.24) is 20.9 Å². The van der Waals surface area contributed by atoms with Crippen LogP contribution in [-0.4, -0.2) is 156 Å². The van der Waals surface area contributed by atoms with E-state index in [4.69, 9.17) is 31.4 Å². The second-order valence-electron chi connectivity index (χ2n) is 21.8. The molecule has 420 valence electrons. The Labute approximate surface area is 451 Å². The molecule has 79 heavy (non-hydrogen) atoms. The highest BCUT2D eigenvalue weighted by Gasteiger charge is 2.69. The zero-order valence-corrected chi connectivity index (χ0v) is 43.1. The van der Waals surface area contributed by atoms with E-state index >= 15 is 9.59 Å². The predicted molar refractivity (Wildman–Crippen MR) is 277 cm³/mol. The van der Waals surface area contributed by atoms with Crippen molar-refractivity contribution in [2.75, 3.05) is 33.9 Å². The van der Waals surface area contributed by atoms with Crippen LogP contribution in [0.3, 0.4) is 0 Å². The predicted octanol–water partition coefficient (Wildman–Crippen LogP) is -2.13. The Morgan fingerprint density at radius 2 is 1.72 bits per heavy atom. The van der Waals surface area contributed by atoms with Crippen molar-refractivity contribution in [1.29, 1.82) is 0 Å². The lowest BCUT2D eigenvalue weighted by Gasteiger charge is -2.54. The second-order valence-corrected chi connectivity index (χ2v) is 21.8. The SMILES string of the molecule is CN=C(N)NC1CC2CC3C=CC(CO)C4CCc5c6c(c(O)c1c5C2C34C1=CNC(N)C=C1)C(=O)c1c(OC2OC(O)(C(O)O)C(O)(CC(CN3C(=O)C=CC3=O)C3=CCNC(N)=C3)C(O)C2O)cc(OC)c(CO)c1C6=O. The second kappa shape index (κ2) is 19.7. The minimum atomic E-state index is -3.69. The number of nitrogens with one attached hydrogen (secondary N) is 3. The molecular formula is C55H64N8O16. The summed E-state index contributed by atoms with van der Waals surface area (Å²) in [6, 6.07) is 0.299. The monoisotopic (exact) mass is 1090 g/mol. The van der Waals surface area contributed by atoms with Gasteiger partial charge in [0.15, 0.2) is 17.3 Å². The Hall–Kier alpha value is -6.97. The van der Waals surface area contributed by atoms with E-state index in [1.165, 1.54) is 20.2 Å². The third kappa shape index (κ3) is 7.90. The first-order valence-electron chi connectivity index (χ1n) is 26.2. The maximum atomic E-state index is 15.9. The largest absolute Gasteiger partial charge is 0.507 e. The minimum absolute atomic E-state index is 0.0352. The molecule has 0 spiro atoms. The number of phenolic OH excluding ortho intramolecular Hbond substituents is 1. The first-order valence-corrected chi connectivity index (χ1v) is 26.2. The maximum absolute atomic E-state index is 15.9. The fraction of sp³-hybridized carbons (Fsp3) is 0.473. The number of fused-ring (bicyclic) bond motifs is 3. The molecule has 9 aliphatic rings. The summed E-state index contributed by atoms with van der Waals surface area (Å²) < 4.78 is 17.6. The highest BCUT2D eigenvalue weighted by atomic mass is 16.8. The summed E-state index contributed by atoms with van der Waals surface area (Å²) in [5, 5.41) is 115. The van der Waals surface area contributed by atoms with Crippen molar-refractivity contribution in [2.24, 2.45) is 57.2 Å². The Balaban J connectivity index is 1.04. The molecule has 0 radical (unpaired) electrons. The quantitative estimate of drug-likeness (QED) is 0.0286. The van der Waals surface area contributed by atoms with Crippen molar-refractivity contribution in [3.63, 3.8) is 0 Å². The molecular weight excluding hydrogens is 1030 g/mol. The number of aliphatic imine (C=N–C) groups is 1. The molecule has 0 aromatic heterocycles. The third-order valence-electron chi connectivity index (χ3n) is 18.2. The molecule has 2 fully saturated rings. The van der Waals surface area contributed by atoms with Gasteiger partial charge in [0.05, 0.1) is 42.9 Å². The number of allylic oxidation sites excluding steroid dienone is 4. The van der Waals surface area contributed by atoms with Gasteiger partial charge in [0.1, 0.15) is 29.5 Å². The van der Waals surface area contributed by atoms with Crippen molar-refractivity contribution >= 4 is 29.3 Å². The first-order chi connectivity index (χ1) is 37.7. The lowest BCUT2D eigenvalue weighted by Crippen LogP contribution is -2.77. The number of amides is 2. The number of phenols is 1. The molecule has 24 nitrogen and oxygen atoms in total. The van der Waals surface area contributed by atoms with Gasteiger partial charge in [0, 0.05) is 90.7 Å². The highest BCUT2D eigenvalue weighted by molar-refractivity contribution is 6.31. The van der Waals surface area contributed by atoms with Gasteiger partial charge in [0.2, 0.25) is 18.4 Å². The van der Waals surface area contributed by atoms with E-state index in [0.717, 1.165) is 28.7 Å². The zero-order chi connectivity index (χ0) is 56.4. The molecule has 4 heterocycles. The number of imide groups is 1. The van der Waals surface area contributed by atoms with Crippen LogP contribution in [0, 0.1) is 35.0 Å². The van der Waals surface area contributed by atoms with Crippen LogP contribution in [0.5, 0.6) is 17.2 Å². The number of methoxy groups -OCH3 is 1. The molecule has 2 aromatic carbocycles. The first kappa shape index (κ1) is 54.0. The number of rotatable bonds is 13. The average Bonchev–Trinajstić information content (AvgIpc) is 3.29. The number of aliphatic hydroxyl groups is 8. The lowest BCUT2D eigenvalue weighted by molar-refractivity contribution is -0.456. The summed E-state index contributed by atoms with van der Waals surface area (Å²) in [7, 11) is 2.69. The maximum Gasteiger partial charge on any atom is 0.253 e. The Morgan fingerprint density at radius 3 is 2.37 bits per heavy atom. The number of carbonyl (C=O) groups excluding carboxylic acids is 4. The number of hydrogen-bond acceptors (Lipinski definition) is 21. The van der Waals surface area contributed by atoms with Gasteiger partial charge in [-0.25, -0.2) is 0 Å². The molecule has 4 aliphatic heterocycles. The number of dihydropyridines is 2. The van der Waals surface area contributed by atoms with E-state index in [9.17, 15) is 55.5 Å². The average molecular weight is 1090 g/mol. The van der Waals surface area contributed by atoms with Gasteiger partial charge in [-0.1, -0.05) is 24.3 Å². The number of ketones is 2. The molecule has 14 unspecified atom stereocenters. The van der Waals surface area contributed by atoms with Crippen LogP contribution < -0.4 is 42.6 Å². The molecule has 0 bridgehead atoms. The van der Waals surface area contributed by atoms with Crippen LogP contribution in [0.2, 0.25) is 0 Å². The summed E-state index contributed by atoms with van der Waals surface area (Å²) in [5.41, 5.74) is 15.6. The van der Waals surface area contributed by atoms with Crippen molar-refractivity contribution < 1.29 is 79.3 Å². The molecule has 14 atom stereocenters. The van der Waals surface area contributed by atoms with Gasteiger partial charge in [-0.15, -0.1) is 0 Å². The van der Waals surface area contributed by atoms with Crippen LogP contribution >= 0.6 is 0 Å². The fourth-order valence-electron chi connectivity index (χ4n) is 14.8. The third-order valence-corrected chi connectivity index (χ3v) is 18.2. The normalized spacial score (nSPS) is 34.5. The van der Waals surface area contributed by atoms with Gasteiger partial charge in [-0.2, -0.15) is 0 Å². The van der Waals surface area contributed by atoms with E-state index in [2.05, 4.69) is 33.1 Å². The Bertz CT molecular complexity index is 3170. The van der Waals surface area contributed by atoms with Crippen molar-refractivity contribution in [2.45, 2.75) is 93.0 Å². The van der Waals surface area contributed by atoms with Gasteiger partial charge in [-0.05, 0) is 90.2 Å². The Morgan fingerprint density at radius 1 is 0.987 bits per heavy atom. The summed E-state index contributed by atoms with van der Waals surface area (Å²) in [6.07, 6.45) is 4.64. The molecule has 1 saturated heterocycles. The smallest absolute Gasteiger partial charge is 0.253 e. The topological polar surface area (TPSA) is 408 Å². The number of nitrogens with two attached hydrogens (primary N) is 3. The van der Waals surface area contributed by atoms with Crippen LogP contribution in [0.15, 0.2) is 82.8 Å². The van der Waals surface area contributed by atoms with Crippen LogP contribution in [0.1, 0.15) is 91.7 Å². The van der Waals surface area contributed by atoms with E-state index in [0.29, 0.717) is 36.0 Å². The van der Waals surface area contributed by atoms with Gasteiger partial charge in [0.25, 0.3) is 17.6 Å². The Kier molecular flexibility index (Phi) is 13.5. The molecule has 2 aromatic rings. The van der Waals surface area contributed by atoms with E-state index in [1.54, 1.807) is 6.08 Å². The number of benzene rings is 2. The fourth-order valence-corrected chi connectivity index (χ4v) is 14.8. The van der Waals surface area contributed by atoms with Crippen molar-refractivity contribution in [3.05, 3.63) is 122 Å². The van der Waals surface area contributed by atoms with Crippen LogP contribution in [0.25, 0.3) is 0 Å². The van der Waals surface area contributed by atoms with Gasteiger partial charge >= 0.3 is 0 Å². The molecule has 18 N–H and O–H groups in total. The number of ether oxygens (including phenoxy) is 3. The van der Waals surface area contributed by atoms with E-state index < -0.39 is 137 Å². The van der Waals surface area contributed by atoms with Crippen LogP contribution in [-0.2, 0) is 27.4 Å². The lowest BCUT2D eigenvalue weighted by atomic mass is 9.51. The van der Waals surface area contributed by atoms with Crippen molar-refractivity contribution in [3.8, 4) is 17.2 Å². The summed E-state index contributed by atoms with van der Waals surface area (Å²) in [6.45, 7) is -1.43. The molecule has 2 amide bonds. The molecule has 24 heteroatoms. The molecule has 1 saturated carbocycles. The van der Waals surface area contributed by atoms with Gasteiger partial charge < -0.3 is 93.3 Å². The van der Waals surface area contributed by atoms with Gasteiger partial charge in [-0.3, -0.25) is 29.1 Å². The molecule has 5 aliphatic carbocycles. The van der Waals surface area contributed by atoms with E-state index in [-0.39, 0.29) is 77.5 Å². The summed E-state index contributed by atoms with van der Waals surface area (Å²) in [4.78, 5) is 62.2. The van der Waals surface area contributed by atoms with Crippen LogP contribution in [0.4, 0.5) is 0 Å². The number of aromatic hydroxyl groups is 1. The zero-order valence-electron chi connectivity index (χ0n) is 43.1. The number of guanidine groups is 1. The number of nitrogens with zero attached hydrogens (tertiary/aromatic N) is 2. The highest BCUT2D eigenvalue weighted by Crippen LogP contribution is 2.73. The number of hydrogen-bond donors (Lipinski definition) is 15. The summed E-state index contributed by atoms with van der Waals surface area (Å²) in [5.74, 6) is -10.6. The minimum Gasteiger partial charge on any atom is -0.507 e. The standard InChI is InChI=1S/C55H64N8O16/c1-59-52(58)62-31-14-24-13-26-4-3-23(20-64)30-7-6-28-38(44(24)54(26,30)27-5-8-34(56)61-18-27)41(31)46(69)43-39(28)45(68)40-29(21-65)32(77-2)16-33(42(40)47(43)70)78-50-48(71)49(72)53(75,55(76,79-50)51(73)74)17-25(22-11-12-60-35(57)15-22)19-63-36(66)9-10-37(63)67/h3-5,8-11,15-16,18,23-26,30-31,34,44,48-51,60-61,64-65,69,71-76H,6-7,12-14,17,19-21,56-57H2,1-2H3,(H3,58,59,62).